The Morgan fingerprint density at radius 3 is 0.652 bits per heavy atom. The summed E-state index contributed by atoms with van der Waals surface area (Å²) < 4.78 is 29.0. The number of rotatable bonds is 14. The van der Waals surface area contributed by atoms with Crippen LogP contribution in [0.5, 0.6) is 0 Å². The largest absolute Gasteiger partial charge is 0.436 e. The minimum atomic E-state index is 0.551. The van der Waals surface area contributed by atoms with Crippen molar-refractivity contribution in [2.75, 3.05) is 0 Å². The normalized spacial score (nSPS) is 11.8. The third kappa shape index (κ3) is 14.2. The van der Waals surface area contributed by atoms with E-state index >= 15 is 0 Å². The molecule has 8 aromatic heterocycles. The Bertz CT molecular complexity index is 8660. The van der Waals surface area contributed by atoms with E-state index in [0.717, 1.165) is 220 Å². The minimum absolute atomic E-state index is 0.551. The van der Waals surface area contributed by atoms with Gasteiger partial charge in [0.1, 0.15) is 22.1 Å². The summed E-state index contributed by atoms with van der Waals surface area (Å²) >= 11 is 0. The monoisotopic (exact) mass is 1770 g/mol. The van der Waals surface area contributed by atoms with E-state index in [1.54, 1.807) is 0 Å². The maximum Gasteiger partial charge on any atom is 0.238 e. The molecule has 0 aliphatic carbocycles. The molecule has 20 aromatic carbocycles. The van der Waals surface area contributed by atoms with Crippen molar-refractivity contribution in [2.45, 2.75) is 0 Å². The average Bonchev–Trinajstić information content (AvgIpc) is 1.58. The Morgan fingerprint density at radius 1 is 0.145 bits per heavy atom. The van der Waals surface area contributed by atoms with Crippen LogP contribution in [0.3, 0.4) is 0 Å². The highest BCUT2D eigenvalue weighted by molar-refractivity contribution is 6.11. The van der Waals surface area contributed by atoms with E-state index in [1.165, 1.54) is 0 Å². The molecule has 0 unspecified atom stereocenters. The fraction of sp³-hybridized carbons (Fsp3) is 0. The molecule has 16 nitrogen and oxygen atoms in total. The summed E-state index contributed by atoms with van der Waals surface area (Å²) in [4.78, 5) is 50.6. The van der Waals surface area contributed by atoms with Gasteiger partial charge in [0.05, 0.1) is 22.1 Å². The van der Waals surface area contributed by atoms with Gasteiger partial charge in [0.2, 0.25) is 35.5 Å². The van der Waals surface area contributed by atoms with Crippen molar-refractivity contribution in [3.8, 4) is 148 Å². The van der Waals surface area contributed by atoms with Gasteiger partial charge in [0.15, 0.2) is 45.6 Å². The zero-order valence-corrected chi connectivity index (χ0v) is 73.6. The zero-order valence-electron chi connectivity index (χ0n) is 73.6. The molecule has 0 radical (unpaired) electrons. The second-order valence-corrected chi connectivity index (χ2v) is 34.7. The van der Waals surface area contributed by atoms with Gasteiger partial charge >= 0.3 is 0 Å². The van der Waals surface area contributed by atoms with Gasteiger partial charge in [-0.2, -0.15) is 19.9 Å². The lowest BCUT2D eigenvalue weighted by atomic mass is 9.99. The lowest BCUT2D eigenvalue weighted by Gasteiger charge is -2.12. The molecular weight excluding hydrogens is 1700 g/mol. The Balaban J connectivity index is 0.000000139. The highest BCUT2D eigenvalue weighted by atomic mass is 16.4. The lowest BCUT2D eigenvalue weighted by Crippen LogP contribution is -2.06. The molecule has 28 aromatic rings. The summed E-state index contributed by atoms with van der Waals surface area (Å²) in [7, 11) is 0. The number of benzene rings is 20. The summed E-state index contributed by atoms with van der Waals surface area (Å²) in [6.07, 6.45) is 0. The highest BCUT2D eigenvalue weighted by Gasteiger charge is 2.24. The summed E-state index contributed by atoms with van der Waals surface area (Å²) in [5, 5.41) is 13.2. The first kappa shape index (κ1) is 78.8. The number of hydrogen-bond acceptors (Lipinski definition) is 14. The van der Waals surface area contributed by atoms with E-state index in [-0.39, 0.29) is 0 Å². The van der Waals surface area contributed by atoms with Crippen LogP contribution in [-0.4, -0.2) is 59.0 Å². The van der Waals surface area contributed by atoms with E-state index in [0.29, 0.717) is 58.8 Å². The van der Waals surface area contributed by atoms with E-state index in [1.807, 2.05) is 146 Å². The number of oxazole rings is 4. The van der Waals surface area contributed by atoms with Gasteiger partial charge in [-0.3, -0.25) is 9.13 Å². The fourth-order valence-electron chi connectivity index (χ4n) is 19.2. The van der Waals surface area contributed by atoms with Crippen molar-refractivity contribution in [3.05, 3.63) is 437 Å². The fourth-order valence-corrected chi connectivity index (χ4v) is 19.2. The molecule has 0 aliphatic rings. The van der Waals surface area contributed by atoms with Crippen LogP contribution in [0.15, 0.2) is 454 Å². The first-order valence-electron chi connectivity index (χ1n) is 45.8. The van der Waals surface area contributed by atoms with Crippen molar-refractivity contribution in [1.82, 2.24) is 59.0 Å². The van der Waals surface area contributed by atoms with Gasteiger partial charge < -0.3 is 17.7 Å². The third-order valence-corrected chi connectivity index (χ3v) is 26.2. The Kier molecular flexibility index (Phi) is 18.5. The summed E-state index contributed by atoms with van der Waals surface area (Å²) in [6.45, 7) is 0. The first-order valence-corrected chi connectivity index (χ1v) is 45.8. The number of fused-ring (bicyclic) bond motifs is 14. The predicted molar refractivity (Wildman–Crippen MR) is 554 cm³/mol. The molecule has 0 bridgehead atoms. The maximum atomic E-state index is 6.22. The molecule has 28 rings (SSSR count). The molecule has 0 aliphatic heterocycles. The van der Waals surface area contributed by atoms with Crippen LogP contribution in [-0.2, 0) is 0 Å². The summed E-state index contributed by atoms with van der Waals surface area (Å²) in [6, 6.07) is 150. The molecular formula is C122H72N12O4. The molecule has 0 atom stereocenters. The van der Waals surface area contributed by atoms with E-state index in [9.17, 15) is 0 Å². The topological polar surface area (TPSA) is 191 Å². The van der Waals surface area contributed by atoms with Crippen molar-refractivity contribution >= 4 is 131 Å². The highest BCUT2D eigenvalue weighted by Crippen LogP contribution is 2.42. The smallest absolute Gasteiger partial charge is 0.238 e. The van der Waals surface area contributed by atoms with Gasteiger partial charge in [-0.1, -0.05) is 267 Å². The molecule has 0 amide bonds. The molecule has 8 heterocycles. The van der Waals surface area contributed by atoms with E-state index < -0.39 is 0 Å². The Labute approximate surface area is 787 Å². The van der Waals surface area contributed by atoms with Crippen molar-refractivity contribution < 1.29 is 17.7 Å². The van der Waals surface area contributed by atoms with Crippen molar-refractivity contribution in [3.63, 3.8) is 0 Å². The summed E-state index contributed by atoms with van der Waals surface area (Å²) in [5.41, 5.74) is 26.4. The molecule has 0 saturated carbocycles. The molecule has 0 spiro atoms. The van der Waals surface area contributed by atoms with E-state index in [2.05, 4.69) is 300 Å². The van der Waals surface area contributed by atoms with Gasteiger partial charge in [0.25, 0.3) is 0 Å². The second kappa shape index (κ2) is 32.4. The zero-order chi connectivity index (χ0) is 90.8. The molecule has 138 heavy (non-hydrogen) atoms. The number of aromatic nitrogens is 12. The predicted octanol–water partition coefficient (Wildman–Crippen LogP) is 31.1. The number of hydrogen-bond donors (Lipinski definition) is 0. The first-order chi connectivity index (χ1) is 68.2. The summed E-state index contributed by atoms with van der Waals surface area (Å²) in [5.74, 6) is 5.90. The third-order valence-electron chi connectivity index (χ3n) is 26.2. The second-order valence-electron chi connectivity index (χ2n) is 34.7. The van der Waals surface area contributed by atoms with Crippen LogP contribution in [0.25, 0.3) is 279 Å². The van der Waals surface area contributed by atoms with E-state index in [4.69, 9.17) is 67.5 Å². The lowest BCUT2D eigenvalue weighted by molar-refractivity contribution is 0.619. The van der Waals surface area contributed by atoms with Crippen LogP contribution >= 0.6 is 0 Å². The molecule has 16 heteroatoms. The van der Waals surface area contributed by atoms with Crippen LogP contribution < -0.4 is 0 Å². The van der Waals surface area contributed by atoms with Gasteiger partial charge in [-0.25, -0.2) is 29.9 Å². The standard InChI is InChI=1S/2C61H36N6O2/c1-3-11-37(12-4-1)59-62-51-35-45(27-29-55(51)68-59)41-19-21-43-33-47(25-23-39(43)31-41)57-64-58(66-61(65-57)67-53-17-9-7-15-49(53)50-16-8-10-18-54(50)67)48-26-24-40-32-42(20-22-44(40)34-48)46-28-30-56-52(36-46)63-60(69-56)38-13-5-2-6-14-38;1-3-11-37(12-4-1)59-62-51-29-27-45(35-55(51)68-59)41-19-21-43-33-47(25-23-39(43)31-41)57-64-58(66-61(65-57)67-53-17-9-7-15-49(53)50-16-8-10-18-54(50)67)48-26-24-40-32-42(20-22-44(40)34-48)46-28-30-52-56(36-46)69-60(63-52)38-13-5-2-6-14-38/h2*1-36H. The van der Waals surface area contributed by atoms with Gasteiger partial charge in [-0.15, -0.1) is 0 Å². The van der Waals surface area contributed by atoms with Gasteiger partial charge in [-0.05, 0) is 257 Å². The number of para-hydroxylation sites is 4. The van der Waals surface area contributed by atoms with Crippen molar-refractivity contribution in [1.29, 1.82) is 0 Å². The quantitative estimate of drug-likeness (QED) is 0.0998. The molecule has 644 valence electrons. The van der Waals surface area contributed by atoms with Crippen LogP contribution in [0.2, 0.25) is 0 Å². The van der Waals surface area contributed by atoms with Crippen LogP contribution in [0, 0.1) is 0 Å². The average molecular weight is 1770 g/mol. The molecule has 0 fully saturated rings. The maximum absolute atomic E-state index is 6.22. The van der Waals surface area contributed by atoms with Crippen LogP contribution in [0.1, 0.15) is 0 Å². The molecule has 0 N–H and O–H groups in total. The minimum Gasteiger partial charge on any atom is -0.436 e. The SMILES string of the molecule is c1ccc(-c2nc3cc(-c4ccc5cc(-c6nc(-c7ccc8cc(-c9ccc%10oc(-c%11ccccc%11)nc%10c9)ccc8c7)nc(-n7c8ccccc8c8ccccc87)n6)ccc5c4)ccc3o2)cc1.c1ccc(-c2nc3ccc(-c4ccc5cc(-c6nc(-c7ccc8cc(-c9ccc%10nc(-c%11ccccc%11)oc%10c9)ccc8c7)nc(-n7c8ccccc8c8ccccc87)n6)ccc5c4)cc3o2)cc1. The van der Waals surface area contributed by atoms with Crippen LogP contribution in [0.4, 0.5) is 0 Å². The van der Waals surface area contributed by atoms with Crippen molar-refractivity contribution in [2.24, 2.45) is 0 Å². The van der Waals surface area contributed by atoms with Gasteiger partial charge in [0, 0.05) is 66.1 Å². The Hall–Kier alpha value is -19.1. The molecule has 0 saturated heterocycles. The Morgan fingerprint density at radius 2 is 0.362 bits per heavy atom. The number of nitrogens with zero attached hydrogens (tertiary/aromatic N) is 12.